The van der Waals surface area contributed by atoms with Crippen molar-refractivity contribution in [2.75, 3.05) is 42.8 Å². The van der Waals surface area contributed by atoms with E-state index in [1.807, 2.05) is 18.2 Å². The number of alkyl halides is 3. The van der Waals surface area contributed by atoms with E-state index in [1.165, 1.54) is 0 Å². The molecule has 0 aliphatic carbocycles. The maximum absolute atomic E-state index is 12.0. The Morgan fingerprint density at radius 3 is 2.00 bits per heavy atom. The molecule has 0 radical (unpaired) electrons. The highest BCUT2D eigenvalue weighted by Crippen LogP contribution is 2.48. The molecule has 0 fully saturated rings. The fourth-order valence-corrected chi connectivity index (χ4v) is 5.48. The van der Waals surface area contributed by atoms with E-state index in [2.05, 4.69) is 19.7 Å². The van der Waals surface area contributed by atoms with Gasteiger partial charge < -0.3 is 9.47 Å². The molecule has 0 aliphatic rings. The van der Waals surface area contributed by atoms with Crippen LogP contribution < -0.4 is 0 Å². The van der Waals surface area contributed by atoms with Crippen LogP contribution in [0.15, 0.2) is 38.0 Å². The molecular formula is C18H31F3O2S. The second-order valence-corrected chi connectivity index (χ2v) is 9.64. The van der Waals surface area contributed by atoms with Crippen molar-refractivity contribution in [1.82, 2.24) is 0 Å². The van der Waals surface area contributed by atoms with E-state index in [0.29, 0.717) is 19.6 Å². The lowest BCUT2D eigenvalue weighted by Gasteiger charge is -2.37. The molecule has 0 aromatic heterocycles. The summed E-state index contributed by atoms with van der Waals surface area (Å²) >= 11 is 0. The molecule has 0 heterocycles. The number of ether oxygens (including phenoxy) is 2. The fourth-order valence-electron chi connectivity index (χ4n) is 2.34. The summed E-state index contributed by atoms with van der Waals surface area (Å²) in [5, 5.41) is 0. The average Bonchev–Trinajstić information content (AvgIpc) is 2.49. The molecule has 0 saturated heterocycles. The Morgan fingerprint density at radius 2 is 1.54 bits per heavy atom. The minimum absolute atomic E-state index is 0.408. The van der Waals surface area contributed by atoms with Crippen LogP contribution >= 0.6 is 10.0 Å². The predicted octanol–water partition coefficient (Wildman–Crippen LogP) is 5.11. The highest BCUT2D eigenvalue weighted by molar-refractivity contribution is 8.34. The molecule has 24 heavy (non-hydrogen) atoms. The number of rotatable bonds is 15. The van der Waals surface area contributed by atoms with Crippen molar-refractivity contribution < 1.29 is 22.6 Å². The summed E-state index contributed by atoms with van der Waals surface area (Å²) in [5.74, 6) is 3.99. The highest BCUT2D eigenvalue weighted by atomic mass is 32.3. The van der Waals surface area contributed by atoms with Crippen molar-refractivity contribution in [3.63, 3.8) is 0 Å². The first-order valence-corrected chi connectivity index (χ1v) is 10.4. The van der Waals surface area contributed by atoms with Crippen molar-refractivity contribution in [1.29, 1.82) is 0 Å². The van der Waals surface area contributed by atoms with Gasteiger partial charge in [-0.1, -0.05) is 18.2 Å². The maximum Gasteiger partial charge on any atom is 0.411 e. The van der Waals surface area contributed by atoms with Crippen LogP contribution in [0.1, 0.15) is 19.8 Å². The van der Waals surface area contributed by atoms with E-state index in [-0.39, 0.29) is 0 Å². The minimum Gasteiger partial charge on any atom is -0.381 e. The van der Waals surface area contributed by atoms with Crippen molar-refractivity contribution in [2.24, 2.45) is 0 Å². The smallest absolute Gasteiger partial charge is 0.381 e. The number of hydrogen-bond acceptors (Lipinski definition) is 2. The Morgan fingerprint density at radius 1 is 1.00 bits per heavy atom. The molecule has 0 aromatic rings. The van der Waals surface area contributed by atoms with E-state index in [4.69, 9.17) is 9.47 Å². The first-order valence-electron chi connectivity index (χ1n) is 8.11. The van der Waals surface area contributed by atoms with Crippen molar-refractivity contribution in [2.45, 2.75) is 32.0 Å². The molecule has 0 bridgehead atoms. The van der Waals surface area contributed by atoms with E-state index < -0.39 is 28.9 Å². The van der Waals surface area contributed by atoms with Crippen LogP contribution in [0.2, 0.25) is 0 Å². The van der Waals surface area contributed by atoms with Crippen molar-refractivity contribution in [3.8, 4) is 0 Å². The summed E-state index contributed by atoms with van der Waals surface area (Å²) in [6, 6.07) is 0. The summed E-state index contributed by atoms with van der Waals surface area (Å²) in [6.45, 7) is 13.0. The monoisotopic (exact) mass is 368 g/mol. The lowest BCUT2D eigenvalue weighted by Crippen LogP contribution is -2.22. The van der Waals surface area contributed by atoms with Crippen LogP contribution in [0, 0.1) is 0 Å². The molecule has 0 aromatic carbocycles. The first kappa shape index (κ1) is 23.3. The summed E-state index contributed by atoms with van der Waals surface area (Å²) in [4.78, 5) is 0. The molecular weight excluding hydrogens is 337 g/mol. The quantitative estimate of drug-likeness (QED) is 0.295. The highest BCUT2D eigenvalue weighted by Gasteiger charge is 2.28. The third-order valence-corrected chi connectivity index (χ3v) is 7.46. The zero-order valence-corrected chi connectivity index (χ0v) is 15.5. The van der Waals surface area contributed by atoms with Gasteiger partial charge in [0.25, 0.3) is 0 Å². The van der Waals surface area contributed by atoms with Crippen molar-refractivity contribution >= 4 is 10.0 Å². The Kier molecular flexibility index (Phi) is 12.2. The normalized spacial score (nSPS) is 14.2. The lowest BCUT2D eigenvalue weighted by molar-refractivity contribution is -0.185. The number of halogens is 3. The summed E-state index contributed by atoms with van der Waals surface area (Å²) in [7, 11) is -0.859. The lowest BCUT2D eigenvalue weighted by atomic mass is 10.3. The molecule has 0 spiro atoms. The topological polar surface area (TPSA) is 18.5 Å². The van der Waals surface area contributed by atoms with Gasteiger partial charge in [0.2, 0.25) is 0 Å². The first-order chi connectivity index (χ1) is 11.3. The van der Waals surface area contributed by atoms with Crippen LogP contribution in [0.4, 0.5) is 13.2 Å². The standard InChI is InChI=1S/C18H31F3O2S/c1-5-12-24(13-6-2,14-7-3)15-8-10-22-11-9-17(4)23-16-18(19,20)21/h5-7,17H,1-3,8-16H2,4H3. The largest absolute Gasteiger partial charge is 0.411 e. The predicted molar refractivity (Wildman–Crippen MR) is 99.2 cm³/mol. The molecule has 0 aliphatic heterocycles. The zero-order valence-electron chi connectivity index (χ0n) is 14.7. The molecule has 0 saturated carbocycles. The fraction of sp³-hybridized carbons (Fsp3) is 0.667. The Hall–Kier alpha value is -0.720. The van der Waals surface area contributed by atoms with Crippen LogP contribution in [0.5, 0.6) is 0 Å². The van der Waals surface area contributed by atoms with Crippen LogP contribution in [0.3, 0.4) is 0 Å². The van der Waals surface area contributed by atoms with Crippen LogP contribution in [-0.2, 0) is 9.47 Å². The molecule has 0 N–H and O–H groups in total. The van der Waals surface area contributed by atoms with Gasteiger partial charge in [-0.15, -0.1) is 19.7 Å². The van der Waals surface area contributed by atoms with Gasteiger partial charge in [-0.05, 0) is 42.8 Å². The van der Waals surface area contributed by atoms with Gasteiger partial charge in [-0.25, -0.2) is 10.0 Å². The molecule has 6 heteroatoms. The Labute approximate surface area is 146 Å². The van der Waals surface area contributed by atoms with Gasteiger partial charge in [0, 0.05) is 13.2 Å². The third-order valence-electron chi connectivity index (χ3n) is 3.48. The van der Waals surface area contributed by atoms with Crippen molar-refractivity contribution in [3.05, 3.63) is 38.0 Å². The zero-order chi connectivity index (χ0) is 18.5. The summed E-state index contributed by atoms with van der Waals surface area (Å²) < 4.78 is 46.4. The molecule has 2 nitrogen and oxygen atoms in total. The van der Waals surface area contributed by atoms with Gasteiger partial charge in [0.15, 0.2) is 0 Å². The Bertz CT molecular complexity index is 343. The van der Waals surface area contributed by atoms with Gasteiger partial charge in [0.05, 0.1) is 6.10 Å². The van der Waals surface area contributed by atoms with Gasteiger partial charge in [-0.3, -0.25) is 0 Å². The maximum atomic E-state index is 12.0. The summed E-state index contributed by atoms with van der Waals surface area (Å²) in [5.41, 5.74) is 0. The van der Waals surface area contributed by atoms with Gasteiger partial charge in [0.1, 0.15) is 6.61 Å². The van der Waals surface area contributed by atoms with Gasteiger partial charge >= 0.3 is 6.18 Å². The minimum atomic E-state index is -4.28. The molecule has 1 atom stereocenters. The molecule has 0 rings (SSSR count). The van der Waals surface area contributed by atoms with E-state index in [1.54, 1.807) is 6.92 Å². The SMILES string of the molecule is C=CCS(CC=C)(CC=C)CCCOCCC(C)OCC(F)(F)F. The third kappa shape index (κ3) is 11.8. The number of hydrogen-bond donors (Lipinski definition) is 0. The summed E-state index contributed by atoms with van der Waals surface area (Å²) in [6.07, 6.45) is 2.53. The van der Waals surface area contributed by atoms with E-state index in [0.717, 1.165) is 29.4 Å². The molecule has 0 amide bonds. The average molecular weight is 369 g/mol. The van der Waals surface area contributed by atoms with E-state index in [9.17, 15) is 13.2 Å². The van der Waals surface area contributed by atoms with Crippen LogP contribution in [0.25, 0.3) is 0 Å². The molecule has 142 valence electrons. The second kappa shape index (κ2) is 12.6. The second-order valence-electron chi connectivity index (χ2n) is 5.79. The van der Waals surface area contributed by atoms with Gasteiger partial charge in [-0.2, -0.15) is 13.2 Å². The van der Waals surface area contributed by atoms with E-state index >= 15 is 0 Å². The van der Waals surface area contributed by atoms with Crippen LogP contribution in [-0.4, -0.2) is 55.1 Å². The molecule has 1 unspecified atom stereocenters. The Balaban J connectivity index is 3.98.